The summed E-state index contributed by atoms with van der Waals surface area (Å²) in [7, 11) is 0. The number of para-hydroxylation sites is 1. The second kappa shape index (κ2) is 4.21. The fraction of sp³-hybridized carbons (Fsp3) is 0.0909. The largest absolute Gasteiger partial charge is 0.456 e. The number of fused-ring (bicyclic) bond motifs is 1. The highest BCUT2D eigenvalue weighted by atomic mass is 19.1. The molecule has 0 aliphatic carbocycles. The number of aromatic nitrogens is 3. The summed E-state index contributed by atoms with van der Waals surface area (Å²) in [5.41, 5.74) is 3.33. The molecule has 1 unspecified atom stereocenters. The fourth-order valence-corrected chi connectivity index (χ4v) is 1.85. The summed E-state index contributed by atoms with van der Waals surface area (Å²) in [6.45, 7) is 0. The van der Waals surface area contributed by atoms with Crippen molar-refractivity contribution in [3.8, 4) is 0 Å². The molecule has 1 aromatic carbocycles. The molecule has 0 amide bonds. The fourth-order valence-electron chi connectivity index (χ4n) is 1.85. The lowest BCUT2D eigenvalue weighted by atomic mass is 10.1. The van der Waals surface area contributed by atoms with Crippen LogP contribution in [0, 0.1) is 5.82 Å². The number of halogens is 1. The minimum absolute atomic E-state index is 0.205. The number of benzene rings is 1. The molecule has 0 saturated carbocycles. The van der Waals surface area contributed by atoms with Crippen LogP contribution in [0.4, 0.5) is 4.39 Å². The first-order valence-electron chi connectivity index (χ1n) is 5.29. The SMILES string of the molecule is NNC(c1cn[nH]n1)c1cc2cccc(F)c2o1. The third-order valence-electron chi connectivity index (χ3n) is 2.70. The van der Waals surface area contributed by atoms with Gasteiger partial charge in [-0.25, -0.2) is 9.82 Å². The lowest BCUT2D eigenvalue weighted by Gasteiger charge is -2.08. The van der Waals surface area contributed by atoms with Crippen LogP contribution in [0.5, 0.6) is 0 Å². The van der Waals surface area contributed by atoms with E-state index in [9.17, 15) is 4.39 Å². The van der Waals surface area contributed by atoms with E-state index >= 15 is 0 Å². The molecule has 3 rings (SSSR count). The van der Waals surface area contributed by atoms with E-state index in [0.717, 1.165) is 0 Å². The Labute approximate surface area is 101 Å². The molecule has 0 aliphatic heterocycles. The zero-order valence-corrected chi connectivity index (χ0v) is 9.22. The van der Waals surface area contributed by atoms with E-state index in [1.165, 1.54) is 12.3 Å². The number of aromatic amines is 1. The smallest absolute Gasteiger partial charge is 0.169 e. The second-order valence-electron chi connectivity index (χ2n) is 3.80. The molecule has 4 N–H and O–H groups in total. The first-order chi connectivity index (χ1) is 8.79. The Balaban J connectivity index is 2.11. The molecule has 0 saturated heterocycles. The van der Waals surface area contributed by atoms with E-state index in [4.69, 9.17) is 10.3 Å². The van der Waals surface area contributed by atoms with Gasteiger partial charge in [0.1, 0.15) is 17.5 Å². The third kappa shape index (κ3) is 1.66. The van der Waals surface area contributed by atoms with Gasteiger partial charge < -0.3 is 4.42 Å². The standard InChI is InChI=1S/C11H10FN5O/c12-7-3-1-2-6-4-9(18-11(6)7)10(15-13)8-5-14-17-16-8/h1-5,10,15H,13H2,(H,14,16,17). The Morgan fingerprint density at radius 2 is 2.33 bits per heavy atom. The van der Waals surface area contributed by atoms with Gasteiger partial charge in [0.2, 0.25) is 0 Å². The molecule has 6 nitrogen and oxygen atoms in total. The average molecular weight is 247 g/mol. The molecule has 2 aromatic heterocycles. The van der Waals surface area contributed by atoms with Crippen molar-refractivity contribution >= 4 is 11.0 Å². The first-order valence-corrected chi connectivity index (χ1v) is 5.29. The molecule has 2 heterocycles. The minimum atomic E-state index is -0.476. The van der Waals surface area contributed by atoms with Crippen LogP contribution < -0.4 is 11.3 Å². The normalized spacial score (nSPS) is 13.0. The molecule has 0 fully saturated rings. The molecule has 0 aliphatic rings. The molecular weight excluding hydrogens is 237 g/mol. The van der Waals surface area contributed by atoms with E-state index in [1.807, 2.05) is 0 Å². The summed E-state index contributed by atoms with van der Waals surface area (Å²) < 4.78 is 19.0. The molecule has 92 valence electrons. The Hall–Kier alpha value is -2.25. The molecule has 0 spiro atoms. The van der Waals surface area contributed by atoms with Crippen molar-refractivity contribution in [2.45, 2.75) is 6.04 Å². The van der Waals surface area contributed by atoms with Crippen molar-refractivity contribution in [3.63, 3.8) is 0 Å². The number of hydrazine groups is 1. The highest BCUT2D eigenvalue weighted by Crippen LogP contribution is 2.28. The summed E-state index contributed by atoms with van der Waals surface area (Å²) in [4.78, 5) is 0. The Bertz CT molecular complexity index is 663. The first kappa shape index (κ1) is 10.9. The van der Waals surface area contributed by atoms with Gasteiger partial charge in [-0.1, -0.05) is 12.1 Å². The van der Waals surface area contributed by atoms with Gasteiger partial charge in [-0.05, 0) is 12.1 Å². The number of nitrogens with two attached hydrogens (primary N) is 1. The van der Waals surface area contributed by atoms with Crippen LogP contribution in [0.15, 0.2) is 34.9 Å². The molecule has 1 atom stereocenters. The number of H-pyrrole nitrogens is 1. The monoisotopic (exact) mass is 247 g/mol. The summed E-state index contributed by atoms with van der Waals surface area (Å²) >= 11 is 0. The van der Waals surface area contributed by atoms with Crippen LogP contribution in [0.3, 0.4) is 0 Å². The Morgan fingerprint density at radius 1 is 1.44 bits per heavy atom. The van der Waals surface area contributed by atoms with Crippen LogP contribution in [0.25, 0.3) is 11.0 Å². The van der Waals surface area contributed by atoms with E-state index in [1.54, 1.807) is 18.2 Å². The van der Waals surface area contributed by atoms with Crippen molar-refractivity contribution < 1.29 is 8.81 Å². The maximum absolute atomic E-state index is 13.5. The maximum Gasteiger partial charge on any atom is 0.169 e. The average Bonchev–Trinajstić information content (AvgIpc) is 3.00. The summed E-state index contributed by atoms with van der Waals surface area (Å²) in [6.07, 6.45) is 1.52. The Morgan fingerprint density at radius 3 is 3.00 bits per heavy atom. The summed E-state index contributed by atoms with van der Waals surface area (Å²) in [5, 5.41) is 10.8. The predicted octanol–water partition coefficient (Wildman–Crippen LogP) is 1.24. The van der Waals surface area contributed by atoms with Crippen molar-refractivity contribution in [3.05, 3.63) is 47.7 Å². The van der Waals surface area contributed by atoms with Crippen LogP contribution in [0.1, 0.15) is 17.5 Å². The lowest BCUT2D eigenvalue weighted by molar-refractivity contribution is 0.459. The van der Waals surface area contributed by atoms with E-state index in [-0.39, 0.29) is 5.58 Å². The minimum Gasteiger partial charge on any atom is -0.456 e. The molecule has 3 aromatic rings. The molecule has 0 bridgehead atoms. The van der Waals surface area contributed by atoms with Crippen molar-refractivity contribution in [2.24, 2.45) is 5.84 Å². The lowest BCUT2D eigenvalue weighted by Crippen LogP contribution is -2.28. The third-order valence-corrected chi connectivity index (χ3v) is 2.70. The zero-order valence-electron chi connectivity index (χ0n) is 9.22. The van der Waals surface area contributed by atoms with Crippen LogP contribution in [0.2, 0.25) is 0 Å². The van der Waals surface area contributed by atoms with Gasteiger partial charge in [0, 0.05) is 5.39 Å². The van der Waals surface area contributed by atoms with Crippen molar-refractivity contribution in [1.82, 2.24) is 20.8 Å². The summed E-state index contributed by atoms with van der Waals surface area (Å²) in [6, 6.07) is 5.98. The zero-order chi connectivity index (χ0) is 12.5. The summed E-state index contributed by atoms with van der Waals surface area (Å²) in [5.74, 6) is 5.54. The van der Waals surface area contributed by atoms with Gasteiger partial charge in [-0.2, -0.15) is 15.4 Å². The van der Waals surface area contributed by atoms with Crippen LogP contribution >= 0.6 is 0 Å². The van der Waals surface area contributed by atoms with E-state index in [2.05, 4.69) is 20.8 Å². The van der Waals surface area contributed by atoms with Gasteiger partial charge in [0.05, 0.1) is 6.20 Å². The van der Waals surface area contributed by atoms with Gasteiger partial charge in [0.15, 0.2) is 11.4 Å². The number of nitrogens with zero attached hydrogens (tertiary/aromatic N) is 2. The maximum atomic E-state index is 13.5. The number of hydrogen-bond acceptors (Lipinski definition) is 5. The Kier molecular flexibility index (Phi) is 2.54. The number of furan rings is 1. The van der Waals surface area contributed by atoms with E-state index in [0.29, 0.717) is 16.8 Å². The highest BCUT2D eigenvalue weighted by Gasteiger charge is 2.20. The molecule has 0 radical (unpaired) electrons. The number of rotatable bonds is 3. The van der Waals surface area contributed by atoms with Gasteiger partial charge in [0.25, 0.3) is 0 Å². The highest BCUT2D eigenvalue weighted by molar-refractivity contribution is 5.78. The molecule has 7 heteroatoms. The van der Waals surface area contributed by atoms with Crippen molar-refractivity contribution in [2.75, 3.05) is 0 Å². The van der Waals surface area contributed by atoms with E-state index < -0.39 is 11.9 Å². The quantitative estimate of drug-likeness (QED) is 0.478. The predicted molar refractivity (Wildman–Crippen MR) is 61.7 cm³/mol. The topological polar surface area (TPSA) is 92.8 Å². The van der Waals surface area contributed by atoms with Crippen molar-refractivity contribution in [1.29, 1.82) is 0 Å². The van der Waals surface area contributed by atoms with Gasteiger partial charge in [-0.3, -0.25) is 5.84 Å². The molecular formula is C11H10FN5O. The number of hydrogen-bond donors (Lipinski definition) is 3. The van der Waals surface area contributed by atoms with Crippen LogP contribution in [-0.4, -0.2) is 15.4 Å². The number of nitrogens with one attached hydrogen (secondary N) is 2. The van der Waals surface area contributed by atoms with Gasteiger partial charge >= 0.3 is 0 Å². The van der Waals surface area contributed by atoms with Crippen LogP contribution in [-0.2, 0) is 0 Å². The van der Waals surface area contributed by atoms with Gasteiger partial charge in [-0.15, -0.1) is 0 Å². The molecule has 18 heavy (non-hydrogen) atoms. The second-order valence-corrected chi connectivity index (χ2v) is 3.80.